The van der Waals surface area contributed by atoms with Crippen molar-refractivity contribution in [3.8, 4) is 0 Å². The summed E-state index contributed by atoms with van der Waals surface area (Å²) in [6.07, 6.45) is -0.0484. The number of hydrogen-bond donors (Lipinski definition) is 1. The molecule has 0 spiro atoms. The lowest BCUT2D eigenvalue weighted by Crippen LogP contribution is -2.10. The van der Waals surface area contributed by atoms with Gasteiger partial charge in [0.2, 0.25) is 0 Å². The number of ether oxygens (including phenoxy) is 2. The SMILES string of the molecule is C=CC(=O)OC(C)O.CCOCC. The van der Waals surface area contributed by atoms with Crippen molar-refractivity contribution in [2.24, 2.45) is 0 Å². The minimum absolute atomic E-state index is 0.611. The summed E-state index contributed by atoms with van der Waals surface area (Å²) in [5, 5.41) is 8.36. The molecule has 0 saturated carbocycles. The molecule has 0 bridgehead atoms. The number of carbonyl (C=O) groups excluding carboxylic acids is 1. The van der Waals surface area contributed by atoms with Gasteiger partial charge in [-0.2, -0.15) is 0 Å². The van der Waals surface area contributed by atoms with E-state index in [0.717, 1.165) is 19.3 Å². The largest absolute Gasteiger partial charge is 0.433 e. The van der Waals surface area contributed by atoms with E-state index in [1.54, 1.807) is 0 Å². The van der Waals surface area contributed by atoms with E-state index in [0.29, 0.717) is 0 Å². The minimum Gasteiger partial charge on any atom is -0.433 e. The predicted octanol–water partition coefficient (Wildman–Crippen LogP) is 1.10. The van der Waals surface area contributed by atoms with E-state index < -0.39 is 12.3 Å². The summed E-state index contributed by atoms with van der Waals surface area (Å²) in [6.45, 7) is 10.1. The molecule has 1 unspecified atom stereocenters. The van der Waals surface area contributed by atoms with Crippen LogP contribution in [0.1, 0.15) is 20.8 Å². The molecule has 0 aromatic heterocycles. The van der Waals surface area contributed by atoms with Crippen LogP contribution < -0.4 is 0 Å². The lowest BCUT2D eigenvalue weighted by atomic mass is 10.6. The van der Waals surface area contributed by atoms with Gasteiger partial charge in [0.1, 0.15) is 0 Å². The van der Waals surface area contributed by atoms with Crippen LogP contribution in [0.5, 0.6) is 0 Å². The number of aliphatic hydroxyl groups is 1. The molecule has 0 amide bonds. The van der Waals surface area contributed by atoms with Crippen LogP contribution in [0.2, 0.25) is 0 Å². The summed E-state index contributed by atoms with van der Waals surface area (Å²) in [6, 6.07) is 0. The zero-order chi connectivity index (χ0) is 10.7. The summed E-state index contributed by atoms with van der Waals surface area (Å²) in [5.74, 6) is -0.611. The Kier molecular flexibility index (Phi) is 12.5. The molecule has 0 heterocycles. The lowest BCUT2D eigenvalue weighted by Gasteiger charge is -2.01. The highest BCUT2D eigenvalue weighted by molar-refractivity contribution is 5.81. The molecular weight excluding hydrogens is 172 g/mol. The van der Waals surface area contributed by atoms with E-state index in [4.69, 9.17) is 9.84 Å². The van der Waals surface area contributed by atoms with Gasteiger partial charge in [0.15, 0.2) is 6.29 Å². The van der Waals surface area contributed by atoms with E-state index in [9.17, 15) is 4.79 Å². The van der Waals surface area contributed by atoms with Crippen LogP contribution in [0.25, 0.3) is 0 Å². The quantitative estimate of drug-likeness (QED) is 0.409. The third kappa shape index (κ3) is 18.2. The molecule has 1 atom stereocenters. The third-order valence-corrected chi connectivity index (χ3v) is 0.862. The summed E-state index contributed by atoms with van der Waals surface area (Å²) in [5.41, 5.74) is 0. The van der Waals surface area contributed by atoms with Gasteiger partial charge in [0.25, 0.3) is 0 Å². The van der Waals surface area contributed by atoms with E-state index in [2.05, 4.69) is 11.3 Å². The van der Waals surface area contributed by atoms with E-state index in [1.165, 1.54) is 6.92 Å². The molecule has 0 aliphatic heterocycles. The van der Waals surface area contributed by atoms with Gasteiger partial charge in [0, 0.05) is 19.3 Å². The molecule has 4 heteroatoms. The molecule has 0 rings (SSSR count). The van der Waals surface area contributed by atoms with Crippen molar-refractivity contribution in [2.75, 3.05) is 13.2 Å². The first-order valence-electron chi connectivity index (χ1n) is 4.17. The number of esters is 1. The molecular formula is C9H18O4. The Balaban J connectivity index is 0. The van der Waals surface area contributed by atoms with Crippen molar-refractivity contribution in [3.05, 3.63) is 12.7 Å². The van der Waals surface area contributed by atoms with Crippen molar-refractivity contribution in [2.45, 2.75) is 27.1 Å². The predicted molar refractivity (Wildman–Crippen MR) is 50.1 cm³/mol. The van der Waals surface area contributed by atoms with E-state index in [-0.39, 0.29) is 0 Å². The number of aliphatic hydroxyl groups excluding tert-OH is 1. The van der Waals surface area contributed by atoms with E-state index in [1.807, 2.05) is 13.8 Å². The van der Waals surface area contributed by atoms with Gasteiger partial charge in [-0.1, -0.05) is 6.58 Å². The first kappa shape index (κ1) is 14.6. The second-order valence-corrected chi connectivity index (χ2v) is 2.02. The molecule has 4 nitrogen and oxygen atoms in total. The summed E-state index contributed by atoms with van der Waals surface area (Å²) >= 11 is 0. The van der Waals surface area contributed by atoms with Crippen LogP contribution in [0.15, 0.2) is 12.7 Å². The highest BCUT2D eigenvalue weighted by atomic mass is 16.6. The van der Waals surface area contributed by atoms with Crippen LogP contribution in [0.4, 0.5) is 0 Å². The maximum absolute atomic E-state index is 10.1. The van der Waals surface area contributed by atoms with Crippen LogP contribution in [-0.4, -0.2) is 30.6 Å². The summed E-state index contributed by atoms with van der Waals surface area (Å²) in [7, 11) is 0. The van der Waals surface area contributed by atoms with Gasteiger partial charge >= 0.3 is 5.97 Å². The molecule has 0 fully saturated rings. The van der Waals surface area contributed by atoms with Gasteiger partial charge in [-0.05, 0) is 20.8 Å². The molecule has 13 heavy (non-hydrogen) atoms. The Morgan fingerprint density at radius 2 is 2.00 bits per heavy atom. The number of carbonyl (C=O) groups is 1. The lowest BCUT2D eigenvalue weighted by molar-refractivity contribution is -0.158. The molecule has 0 aliphatic rings. The molecule has 0 saturated heterocycles. The number of hydrogen-bond acceptors (Lipinski definition) is 4. The van der Waals surface area contributed by atoms with Gasteiger partial charge in [0.05, 0.1) is 0 Å². The second kappa shape index (κ2) is 11.1. The highest BCUT2D eigenvalue weighted by Gasteiger charge is 1.97. The topological polar surface area (TPSA) is 55.8 Å². The standard InChI is InChI=1S/C5H8O3.C4H10O/c1-3-5(7)8-4(2)6;1-3-5-4-2/h3-4,6H,1H2,2H3;3-4H2,1-2H3. The molecule has 0 radical (unpaired) electrons. The third-order valence-electron chi connectivity index (χ3n) is 0.862. The van der Waals surface area contributed by atoms with Crippen LogP contribution >= 0.6 is 0 Å². The monoisotopic (exact) mass is 190 g/mol. The Morgan fingerprint density at radius 3 is 2.08 bits per heavy atom. The van der Waals surface area contributed by atoms with Gasteiger partial charge < -0.3 is 14.6 Å². The van der Waals surface area contributed by atoms with Crippen molar-refractivity contribution in [1.29, 1.82) is 0 Å². The molecule has 0 aliphatic carbocycles. The maximum Gasteiger partial charge on any atom is 0.332 e. The summed E-state index contributed by atoms with van der Waals surface area (Å²) in [4.78, 5) is 10.1. The van der Waals surface area contributed by atoms with E-state index >= 15 is 0 Å². The average Bonchev–Trinajstić information content (AvgIpc) is 2.06. The summed E-state index contributed by atoms with van der Waals surface area (Å²) < 4.78 is 9.03. The van der Waals surface area contributed by atoms with Crippen molar-refractivity contribution < 1.29 is 19.4 Å². The Labute approximate surface area is 79.2 Å². The van der Waals surface area contributed by atoms with Gasteiger partial charge in [-0.15, -0.1) is 0 Å². The van der Waals surface area contributed by atoms with Crippen LogP contribution in [0, 0.1) is 0 Å². The molecule has 0 aromatic carbocycles. The second-order valence-electron chi connectivity index (χ2n) is 2.02. The molecule has 78 valence electrons. The Hall–Kier alpha value is -0.870. The number of rotatable bonds is 4. The Bertz CT molecular complexity index is 130. The first-order valence-corrected chi connectivity index (χ1v) is 4.17. The zero-order valence-electron chi connectivity index (χ0n) is 8.45. The fraction of sp³-hybridized carbons (Fsp3) is 0.667. The van der Waals surface area contributed by atoms with Crippen molar-refractivity contribution in [3.63, 3.8) is 0 Å². The van der Waals surface area contributed by atoms with Crippen molar-refractivity contribution in [1.82, 2.24) is 0 Å². The fourth-order valence-electron chi connectivity index (χ4n) is 0.420. The highest BCUT2D eigenvalue weighted by Crippen LogP contribution is 1.84. The molecule has 0 aromatic rings. The van der Waals surface area contributed by atoms with Gasteiger partial charge in [-0.25, -0.2) is 4.79 Å². The maximum atomic E-state index is 10.1. The van der Waals surface area contributed by atoms with Gasteiger partial charge in [-0.3, -0.25) is 0 Å². The normalized spacial score (nSPS) is 10.8. The van der Waals surface area contributed by atoms with Crippen LogP contribution in [0.3, 0.4) is 0 Å². The average molecular weight is 190 g/mol. The molecule has 1 N–H and O–H groups in total. The zero-order valence-corrected chi connectivity index (χ0v) is 8.45. The first-order chi connectivity index (χ1) is 6.08. The minimum atomic E-state index is -1.04. The smallest absolute Gasteiger partial charge is 0.332 e. The Morgan fingerprint density at radius 1 is 1.54 bits per heavy atom. The van der Waals surface area contributed by atoms with Crippen molar-refractivity contribution >= 4 is 5.97 Å². The van der Waals surface area contributed by atoms with Crippen LogP contribution in [-0.2, 0) is 14.3 Å². The fourth-order valence-corrected chi connectivity index (χ4v) is 0.420.